The lowest BCUT2D eigenvalue weighted by Crippen LogP contribution is -1.96. The molecule has 0 spiro atoms. The molecular formula is C11H10N4S. The summed E-state index contributed by atoms with van der Waals surface area (Å²) in [6.07, 6.45) is 0.776. The fraction of sp³-hybridized carbons (Fsp3) is 0.182. The summed E-state index contributed by atoms with van der Waals surface area (Å²) in [6, 6.07) is 7.96. The Kier molecular flexibility index (Phi) is 2.07. The van der Waals surface area contributed by atoms with Crippen LogP contribution in [0.4, 0.5) is 0 Å². The summed E-state index contributed by atoms with van der Waals surface area (Å²) in [6.45, 7) is 2.01. The number of fused-ring (bicyclic) bond motifs is 3. The highest BCUT2D eigenvalue weighted by Gasteiger charge is 2.11. The molecule has 0 N–H and O–H groups in total. The molecule has 0 saturated carbocycles. The predicted molar refractivity (Wildman–Crippen MR) is 66.6 cm³/mol. The quantitative estimate of drug-likeness (QED) is 0.652. The van der Waals surface area contributed by atoms with E-state index in [-0.39, 0.29) is 0 Å². The molecule has 3 rings (SSSR count). The number of rotatable bonds is 1. The first-order valence-electron chi connectivity index (χ1n) is 5.13. The fourth-order valence-corrected chi connectivity index (χ4v) is 2.11. The number of aryl methyl sites for hydroxylation is 1. The Labute approximate surface area is 97.9 Å². The van der Waals surface area contributed by atoms with Crippen LogP contribution in [-0.4, -0.2) is 19.2 Å². The lowest BCUT2D eigenvalue weighted by Gasteiger charge is -1.95. The van der Waals surface area contributed by atoms with Crippen LogP contribution in [0.2, 0.25) is 0 Å². The predicted octanol–water partition coefficient (Wildman–Crippen LogP) is 2.23. The van der Waals surface area contributed by atoms with Crippen molar-refractivity contribution in [3.05, 3.63) is 30.1 Å². The summed E-state index contributed by atoms with van der Waals surface area (Å²) in [5.41, 5.74) is 2.59. The maximum Gasteiger partial charge on any atom is 0.173 e. The average molecular weight is 230 g/mol. The van der Waals surface area contributed by atoms with Gasteiger partial charge in [-0.1, -0.05) is 37.9 Å². The third kappa shape index (κ3) is 1.21. The monoisotopic (exact) mass is 230 g/mol. The maximum atomic E-state index is 4.44. The van der Waals surface area contributed by atoms with Gasteiger partial charge in [-0.15, -0.1) is 10.2 Å². The molecule has 0 bridgehead atoms. The van der Waals surface area contributed by atoms with Crippen LogP contribution >= 0.6 is 12.8 Å². The third-order valence-electron chi connectivity index (χ3n) is 2.62. The van der Waals surface area contributed by atoms with E-state index in [2.05, 4.69) is 28.0 Å². The van der Waals surface area contributed by atoms with Crippen LogP contribution in [0.25, 0.3) is 22.1 Å². The minimum Gasteiger partial charge on any atom is -0.268 e. The Bertz CT molecular complexity index is 674. The summed E-state index contributed by atoms with van der Waals surface area (Å²) < 4.78 is 1.76. The number of hydrogen-bond acceptors (Lipinski definition) is 4. The van der Waals surface area contributed by atoms with Crippen molar-refractivity contribution in [2.45, 2.75) is 13.3 Å². The van der Waals surface area contributed by atoms with Gasteiger partial charge >= 0.3 is 0 Å². The topological polar surface area (TPSA) is 43.6 Å². The van der Waals surface area contributed by atoms with Crippen LogP contribution in [0.15, 0.2) is 24.3 Å². The molecule has 80 valence electrons. The zero-order valence-electron chi connectivity index (χ0n) is 8.75. The molecule has 0 aliphatic heterocycles. The van der Waals surface area contributed by atoms with Crippen LogP contribution < -0.4 is 0 Å². The molecule has 2 heterocycles. The van der Waals surface area contributed by atoms with Crippen molar-refractivity contribution in [2.75, 3.05) is 0 Å². The van der Waals surface area contributed by atoms with E-state index in [9.17, 15) is 0 Å². The van der Waals surface area contributed by atoms with Gasteiger partial charge in [-0.2, -0.15) is 0 Å². The Hall–Kier alpha value is -1.62. The number of thiol groups is 1. The van der Waals surface area contributed by atoms with E-state index in [1.807, 2.05) is 31.2 Å². The van der Waals surface area contributed by atoms with Crippen LogP contribution in [0, 0.1) is 0 Å². The Morgan fingerprint density at radius 2 is 2.06 bits per heavy atom. The van der Waals surface area contributed by atoms with Gasteiger partial charge in [0.2, 0.25) is 0 Å². The second-order valence-electron chi connectivity index (χ2n) is 3.58. The van der Waals surface area contributed by atoms with Crippen LogP contribution in [-0.2, 0) is 6.42 Å². The highest BCUT2D eigenvalue weighted by Crippen LogP contribution is 2.26. The summed E-state index contributed by atoms with van der Waals surface area (Å²) in [4.78, 5) is 4.44. The smallest absolute Gasteiger partial charge is 0.173 e. The lowest BCUT2D eigenvalue weighted by molar-refractivity contribution is 0.877. The SMILES string of the molecule is CCc1nnc2c3ccccc3n(S)c2n1. The van der Waals surface area contributed by atoms with Crippen molar-refractivity contribution in [2.24, 2.45) is 0 Å². The van der Waals surface area contributed by atoms with Gasteiger partial charge in [0.1, 0.15) is 5.52 Å². The van der Waals surface area contributed by atoms with Crippen molar-refractivity contribution in [1.82, 2.24) is 19.2 Å². The first-order valence-corrected chi connectivity index (χ1v) is 5.53. The number of benzene rings is 1. The number of hydrogen-bond donors (Lipinski definition) is 1. The molecule has 1 aromatic carbocycles. The van der Waals surface area contributed by atoms with Gasteiger partial charge in [0.25, 0.3) is 0 Å². The average Bonchev–Trinajstić information content (AvgIpc) is 2.64. The molecule has 0 fully saturated rings. The standard InChI is InChI=1S/C11H10N4S/c1-2-9-12-11-10(14-13-9)7-5-3-4-6-8(7)15(11)16/h3-6,16H,2H2,1H3. The van der Waals surface area contributed by atoms with Gasteiger partial charge in [-0.25, -0.2) is 4.98 Å². The molecule has 0 unspecified atom stereocenters. The second kappa shape index (κ2) is 3.45. The Morgan fingerprint density at radius 1 is 1.25 bits per heavy atom. The molecule has 0 aliphatic rings. The zero-order chi connectivity index (χ0) is 11.1. The van der Waals surface area contributed by atoms with E-state index >= 15 is 0 Å². The normalized spacial score (nSPS) is 11.4. The molecule has 0 aliphatic carbocycles. The van der Waals surface area contributed by atoms with E-state index in [0.717, 1.165) is 34.3 Å². The fourth-order valence-electron chi connectivity index (χ4n) is 1.79. The number of aromatic nitrogens is 4. The molecule has 4 nitrogen and oxygen atoms in total. The Balaban J connectivity index is 2.51. The molecule has 2 aromatic heterocycles. The van der Waals surface area contributed by atoms with Crippen LogP contribution in [0.1, 0.15) is 12.7 Å². The van der Waals surface area contributed by atoms with Crippen molar-refractivity contribution in [3.63, 3.8) is 0 Å². The van der Waals surface area contributed by atoms with Gasteiger partial charge in [0, 0.05) is 11.8 Å². The van der Waals surface area contributed by atoms with Gasteiger partial charge in [0.05, 0.1) is 5.52 Å². The summed E-state index contributed by atoms with van der Waals surface area (Å²) in [5, 5.41) is 9.34. The van der Waals surface area contributed by atoms with Crippen LogP contribution in [0.5, 0.6) is 0 Å². The van der Waals surface area contributed by atoms with Gasteiger partial charge < -0.3 is 0 Å². The molecule has 3 aromatic rings. The first-order chi connectivity index (χ1) is 7.81. The number of nitrogens with zero attached hydrogens (tertiary/aromatic N) is 4. The minimum absolute atomic E-state index is 0.741. The number of para-hydroxylation sites is 1. The second-order valence-corrected chi connectivity index (χ2v) is 3.98. The van der Waals surface area contributed by atoms with Gasteiger partial charge in [0.15, 0.2) is 11.5 Å². The summed E-state index contributed by atoms with van der Waals surface area (Å²) >= 11 is 4.44. The first kappa shape index (κ1) is 9.59. The van der Waals surface area contributed by atoms with Crippen molar-refractivity contribution >= 4 is 34.9 Å². The van der Waals surface area contributed by atoms with E-state index in [4.69, 9.17) is 0 Å². The maximum absolute atomic E-state index is 4.44. The van der Waals surface area contributed by atoms with E-state index < -0.39 is 0 Å². The highest BCUT2D eigenvalue weighted by atomic mass is 32.1. The molecule has 0 radical (unpaired) electrons. The largest absolute Gasteiger partial charge is 0.268 e. The van der Waals surface area contributed by atoms with Gasteiger partial charge in [-0.05, 0) is 6.07 Å². The molecular weight excluding hydrogens is 220 g/mol. The van der Waals surface area contributed by atoms with Crippen LogP contribution in [0.3, 0.4) is 0 Å². The Morgan fingerprint density at radius 3 is 2.88 bits per heavy atom. The molecule has 0 amide bonds. The molecule has 16 heavy (non-hydrogen) atoms. The zero-order valence-corrected chi connectivity index (χ0v) is 9.65. The summed E-state index contributed by atoms with van der Waals surface area (Å²) in [7, 11) is 0. The lowest BCUT2D eigenvalue weighted by atomic mass is 10.2. The van der Waals surface area contributed by atoms with E-state index in [1.54, 1.807) is 3.97 Å². The van der Waals surface area contributed by atoms with E-state index in [1.165, 1.54) is 0 Å². The van der Waals surface area contributed by atoms with Gasteiger partial charge in [-0.3, -0.25) is 3.97 Å². The molecule has 5 heteroatoms. The van der Waals surface area contributed by atoms with Crippen molar-refractivity contribution < 1.29 is 0 Å². The van der Waals surface area contributed by atoms with Crippen molar-refractivity contribution in [1.29, 1.82) is 0 Å². The summed E-state index contributed by atoms with van der Waals surface area (Å²) in [5.74, 6) is 0.741. The van der Waals surface area contributed by atoms with E-state index in [0.29, 0.717) is 0 Å². The minimum atomic E-state index is 0.741. The molecule has 0 saturated heterocycles. The third-order valence-corrected chi connectivity index (χ3v) is 3.02. The molecule has 0 atom stereocenters. The highest BCUT2D eigenvalue weighted by molar-refractivity contribution is 7.79. The van der Waals surface area contributed by atoms with Crippen molar-refractivity contribution in [3.8, 4) is 0 Å².